The highest BCUT2D eigenvalue weighted by Crippen LogP contribution is 2.27. The van der Waals surface area contributed by atoms with Crippen molar-refractivity contribution >= 4 is 11.6 Å². The van der Waals surface area contributed by atoms with Crippen LogP contribution in [0.3, 0.4) is 0 Å². The molecular weight excluding hydrogens is 274 g/mol. The zero-order valence-corrected chi connectivity index (χ0v) is 13.3. The molecule has 1 heterocycles. The molecular formula is C18H27N3O. The summed E-state index contributed by atoms with van der Waals surface area (Å²) in [4.78, 5) is 14.7. The monoisotopic (exact) mass is 301 g/mol. The van der Waals surface area contributed by atoms with Gasteiger partial charge in [0, 0.05) is 25.3 Å². The average molecular weight is 301 g/mol. The molecule has 0 unspecified atom stereocenters. The number of carbonyl (C=O) groups excluding carboxylic acids is 1. The zero-order valence-electron chi connectivity index (χ0n) is 13.3. The van der Waals surface area contributed by atoms with Gasteiger partial charge in [0.2, 0.25) is 5.91 Å². The summed E-state index contributed by atoms with van der Waals surface area (Å²) in [7, 11) is 0. The van der Waals surface area contributed by atoms with E-state index in [-0.39, 0.29) is 5.91 Å². The minimum absolute atomic E-state index is 0.0500. The summed E-state index contributed by atoms with van der Waals surface area (Å²) in [6.45, 7) is 2.80. The summed E-state index contributed by atoms with van der Waals surface area (Å²) in [5.41, 5.74) is 8.43. The molecule has 0 aromatic heterocycles. The Morgan fingerprint density at radius 3 is 2.82 bits per heavy atom. The number of fused-ring (bicyclic) bond motifs is 1. The van der Waals surface area contributed by atoms with Gasteiger partial charge in [-0.15, -0.1) is 0 Å². The fraction of sp³-hybridized carbons (Fsp3) is 0.611. The van der Waals surface area contributed by atoms with Gasteiger partial charge in [0.15, 0.2) is 0 Å². The molecule has 0 radical (unpaired) electrons. The van der Waals surface area contributed by atoms with E-state index in [9.17, 15) is 4.79 Å². The number of para-hydroxylation sites is 1. The van der Waals surface area contributed by atoms with E-state index in [0.29, 0.717) is 0 Å². The van der Waals surface area contributed by atoms with Gasteiger partial charge < -0.3 is 16.0 Å². The first-order valence-electron chi connectivity index (χ1n) is 8.59. The Hall–Kier alpha value is -1.55. The van der Waals surface area contributed by atoms with Gasteiger partial charge in [0.05, 0.1) is 5.54 Å². The van der Waals surface area contributed by atoms with Gasteiger partial charge in [-0.25, -0.2) is 0 Å². The third-order valence-corrected chi connectivity index (χ3v) is 5.07. The molecule has 4 heteroatoms. The first-order valence-corrected chi connectivity index (χ1v) is 8.59. The Balaban J connectivity index is 1.42. The van der Waals surface area contributed by atoms with Gasteiger partial charge in [-0.3, -0.25) is 4.79 Å². The highest BCUT2D eigenvalue weighted by atomic mass is 16.2. The van der Waals surface area contributed by atoms with Crippen molar-refractivity contribution in [3.63, 3.8) is 0 Å². The number of anilines is 1. The standard InChI is InChI=1S/C18H27N3O/c19-18(10-4-1-5-11-18)17(22)20-12-6-13-21-14-9-15-7-2-3-8-16(15)21/h2-3,7-8H,1,4-6,9-14,19H2,(H,20,22). The number of nitrogens with two attached hydrogens (primary N) is 1. The Kier molecular flexibility index (Phi) is 4.67. The Bertz CT molecular complexity index is 523. The zero-order chi connectivity index (χ0) is 15.4. The van der Waals surface area contributed by atoms with Crippen LogP contribution < -0.4 is 16.0 Å². The first-order chi connectivity index (χ1) is 10.7. The van der Waals surface area contributed by atoms with Gasteiger partial charge in [-0.1, -0.05) is 37.5 Å². The van der Waals surface area contributed by atoms with Crippen LogP contribution in [0.15, 0.2) is 24.3 Å². The van der Waals surface area contributed by atoms with Gasteiger partial charge >= 0.3 is 0 Å². The number of nitrogens with one attached hydrogen (secondary N) is 1. The van der Waals surface area contributed by atoms with E-state index >= 15 is 0 Å². The molecule has 1 aromatic carbocycles. The average Bonchev–Trinajstić information content (AvgIpc) is 2.95. The van der Waals surface area contributed by atoms with Crippen molar-refractivity contribution in [2.45, 2.75) is 50.5 Å². The third-order valence-electron chi connectivity index (χ3n) is 5.07. The van der Waals surface area contributed by atoms with Crippen molar-refractivity contribution < 1.29 is 4.79 Å². The lowest BCUT2D eigenvalue weighted by Crippen LogP contribution is -2.55. The molecule has 0 saturated heterocycles. The van der Waals surface area contributed by atoms with Crippen LogP contribution in [0.5, 0.6) is 0 Å². The quantitative estimate of drug-likeness (QED) is 0.820. The van der Waals surface area contributed by atoms with E-state index in [0.717, 1.165) is 58.2 Å². The van der Waals surface area contributed by atoms with Crippen molar-refractivity contribution in [1.82, 2.24) is 5.32 Å². The normalized spacial score (nSPS) is 19.8. The van der Waals surface area contributed by atoms with E-state index in [1.165, 1.54) is 17.7 Å². The van der Waals surface area contributed by atoms with Crippen LogP contribution in [0.2, 0.25) is 0 Å². The number of nitrogens with zero attached hydrogens (tertiary/aromatic N) is 1. The lowest BCUT2D eigenvalue weighted by Gasteiger charge is -2.32. The Morgan fingerprint density at radius 2 is 2.00 bits per heavy atom. The van der Waals surface area contributed by atoms with Crippen LogP contribution in [-0.2, 0) is 11.2 Å². The molecule has 1 fully saturated rings. The molecule has 4 nitrogen and oxygen atoms in total. The largest absolute Gasteiger partial charge is 0.371 e. The molecule has 120 valence electrons. The number of amides is 1. The molecule has 1 saturated carbocycles. The van der Waals surface area contributed by atoms with E-state index in [4.69, 9.17) is 5.73 Å². The molecule has 0 atom stereocenters. The minimum Gasteiger partial charge on any atom is -0.371 e. The highest BCUT2D eigenvalue weighted by Gasteiger charge is 2.34. The van der Waals surface area contributed by atoms with E-state index < -0.39 is 5.54 Å². The summed E-state index contributed by atoms with van der Waals surface area (Å²) in [6.07, 6.45) is 7.13. The predicted molar refractivity (Wildman–Crippen MR) is 90.0 cm³/mol. The van der Waals surface area contributed by atoms with Gasteiger partial charge in [-0.2, -0.15) is 0 Å². The maximum Gasteiger partial charge on any atom is 0.240 e. The molecule has 0 spiro atoms. The van der Waals surface area contributed by atoms with Crippen LogP contribution in [0.1, 0.15) is 44.1 Å². The predicted octanol–water partition coefficient (Wildman–Crippen LogP) is 2.22. The second-order valence-corrected chi connectivity index (χ2v) is 6.69. The smallest absolute Gasteiger partial charge is 0.240 e. The van der Waals surface area contributed by atoms with Gasteiger partial charge in [-0.05, 0) is 37.3 Å². The summed E-state index contributed by atoms with van der Waals surface area (Å²) in [5.74, 6) is 0.0500. The molecule has 1 aromatic rings. The fourth-order valence-corrected chi connectivity index (χ4v) is 3.70. The summed E-state index contributed by atoms with van der Waals surface area (Å²) in [5, 5.41) is 3.05. The number of benzene rings is 1. The summed E-state index contributed by atoms with van der Waals surface area (Å²) in [6, 6.07) is 8.60. The number of carbonyl (C=O) groups is 1. The van der Waals surface area contributed by atoms with Crippen LogP contribution in [0.4, 0.5) is 5.69 Å². The van der Waals surface area contributed by atoms with Crippen molar-refractivity contribution in [3.05, 3.63) is 29.8 Å². The molecule has 2 aliphatic rings. The van der Waals surface area contributed by atoms with E-state index in [2.05, 4.69) is 34.5 Å². The molecule has 1 aliphatic carbocycles. The van der Waals surface area contributed by atoms with E-state index in [1.54, 1.807) is 0 Å². The first kappa shape index (κ1) is 15.3. The molecule has 1 amide bonds. The summed E-state index contributed by atoms with van der Waals surface area (Å²) >= 11 is 0. The van der Waals surface area contributed by atoms with Crippen LogP contribution in [0.25, 0.3) is 0 Å². The molecule has 3 rings (SSSR count). The molecule has 3 N–H and O–H groups in total. The Morgan fingerprint density at radius 1 is 1.23 bits per heavy atom. The SMILES string of the molecule is NC1(C(=O)NCCCN2CCc3ccccc32)CCCCC1. The maximum absolute atomic E-state index is 12.3. The molecule has 0 bridgehead atoms. The fourth-order valence-electron chi connectivity index (χ4n) is 3.70. The Labute approximate surface area is 133 Å². The highest BCUT2D eigenvalue weighted by molar-refractivity contribution is 5.86. The van der Waals surface area contributed by atoms with Crippen LogP contribution >= 0.6 is 0 Å². The molecule has 22 heavy (non-hydrogen) atoms. The topological polar surface area (TPSA) is 58.4 Å². The van der Waals surface area contributed by atoms with Crippen molar-refractivity contribution in [2.24, 2.45) is 5.73 Å². The second kappa shape index (κ2) is 6.69. The third kappa shape index (κ3) is 3.27. The van der Waals surface area contributed by atoms with Crippen molar-refractivity contribution in [1.29, 1.82) is 0 Å². The minimum atomic E-state index is -0.613. The lowest BCUT2D eigenvalue weighted by molar-refractivity contribution is -0.127. The number of rotatable bonds is 5. The van der Waals surface area contributed by atoms with E-state index in [1.807, 2.05) is 0 Å². The van der Waals surface area contributed by atoms with Crippen molar-refractivity contribution in [3.8, 4) is 0 Å². The number of hydrogen-bond donors (Lipinski definition) is 2. The lowest BCUT2D eigenvalue weighted by atomic mass is 9.82. The number of hydrogen-bond acceptors (Lipinski definition) is 3. The maximum atomic E-state index is 12.3. The van der Waals surface area contributed by atoms with Crippen molar-refractivity contribution in [2.75, 3.05) is 24.5 Å². The summed E-state index contributed by atoms with van der Waals surface area (Å²) < 4.78 is 0. The van der Waals surface area contributed by atoms with Gasteiger partial charge in [0.25, 0.3) is 0 Å². The molecule has 1 aliphatic heterocycles. The van der Waals surface area contributed by atoms with Gasteiger partial charge in [0.1, 0.15) is 0 Å². The van der Waals surface area contributed by atoms with Crippen LogP contribution in [0, 0.1) is 0 Å². The van der Waals surface area contributed by atoms with Crippen LogP contribution in [-0.4, -0.2) is 31.1 Å². The second-order valence-electron chi connectivity index (χ2n) is 6.69.